The van der Waals surface area contributed by atoms with Gasteiger partial charge in [-0.05, 0) is 24.6 Å². The molecule has 2 rings (SSSR count). The first-order valence-electron chi connectivity index (χ1n) is 5.83. The van der Waals surface area contributed by atoms with Gasteiger partial charge in [-0.25, -0.2) is 13.1 Å². The van der Waals surface area contributed by atoms with Crippen molar-refractivity contribution in [2.24, 2.45) is 5.41 Å². The molecule has 0 aliphatic carbocycles. The summed E-state index contributed by atoms with van der Waals surface area (Å²) in [6.45, 7) is 2.73. The van der Waals surface area contributed by atoms with Gasteiger partial charge < -0.3 is 9.84 Å². The Bertz CT molecular complexity index is 564. The van der Waals surface area contributed by atoms with Gasteiger partial charge in [-0.3, -0.25) is 0 Å². The van der Waals surface area contributed by atoms with Crippen LogP contribution >= 0.6 is 15.9 Å². The Kier molecular flexibility index (Phi) is 4.32. The highest BCUT2D eigenvalue weighted by molar-refractivity contribution is 9.10. The van der Waals surface area contributed by atoms with E-state index in [1.165, 1.54) is 0 Å². The molecule has 0 saturated carbocycles. The second-order valence-electron chi connectivity index (χ2n) is 4.89. The van der Waals surface area contributed by atoms with E-state index < -0.39 is 15.4 Å². The average Bonchev–Trinajstić information content (AvgIpc) is 2.31. The number of ether oxygens (including phenoxy) is 1. The van der Waals surface area contributed by atoms with Crippen LogP contribution in [0.5, 0.6) is 0 Å². The van der Waals surface area contributed by atoms with Crippen LogP contribution in [0.2, 0.25) is 0 Å². The van der Waals surface area contributed by atoms with Crippen LogP contribution in [0.4, 0.5) is 0 Å². The number of halogens is 1. The van der Waals surface area contributed by atoms with E-state index in [1.54, 1.807) is 18.2 Å². The smallest absolute Gasteiger partial charge is 0.240 e. The molecule has 1 aliphatic heterocycles. The van der Waals surface area contributed by atoms with Gasteiger partial charge in [0.25, 0.3) is 0 Å². The highest BCUT2D eigenvalue weighted by Gasteiger charge is 2.39. The Balaban J connectivity index is 2.11. The molecule has 0 spiro atoms. The number of hydrogen-bond donors (Lipinski definition) is 2. The highest BCUT2D eigenvalue weighted by atomic mass is 79.9. The lowest BCUT2D eigenvalue weighted by molar-refractivity contribution is -0.132. The van der Waals surface area contributed by atoms with Crippen LogP contribution in [0.1, 0.15) is 5.56 Å². The molecule has 106 valence electrons. The maximum atomic E-state index is 12.1. The third-order valence-corrected chi connectivity index (χ3v) is 5.50. The monoisotopic (exact) mass is 349 g/mol. The van der Waals surface area contributed by atoms with E-state index in [0.717, 1.165) is 10.0 Å². The maximum Gasteiger partial charge on any atom is 0.240 e. The van der Waals surface area contributed by atoms with E-state index in [4.69, 9.17) is 4.74 Å². The zero-order valence-electron chi connectivity index (χ0n) is 10.5. The lowest BCUT2D eigenvalue weighted by atomic mass is 9.87. The van der Waals surface area contributed by atoms with Crippen molar-refractivity contribution in [1.82, 2.24) is 4.72 Å². The Hall–Kier alpha value is -0.470. The second-order valence-corrected chi connectivity index (χ2v) is 7.51. The van der Waals surface area contributed by atoms with Crippen molar-refractivity contribution in [3.05, 3.63) is 28.2 Å². The van der Waals surface area contributed by atoms with Crippen LogP contribution in [-0.4, -0.2) is 39.9 Å². The molecule has 19 heavy (non-hydrogen) atoms. The first-order chi connectivity index (χ1) is 8.88. The number of aliphatic hydroxyl groups excluding tert-OH is 1. The average molecular weight is 350 g/mol. The molecule has 0 unspecified atom stereocenters. The molecule has 1 saturated heterocycles. The molecule has 1 heterocycles. The lowest BCUT2D eigenvalue weighted by Gasteiger charge is -2.39. The van der Waals surface area contributed by atoms with Crippen molar-refractivity contribution >= 4 is 26.0 Å². The number of hydrogen-bond acceptors (Lipinski definition) is 4. The maximum absolute atomic E-state index is 12.1. The lowest BCUT2D eigenvalue weighted by Crippen LogP contribution is -2.53. The van der Waals surface area contributed by atoms with E-state index in [-0.39, 0.29) is 18.0 Å². The summed E-state index contributed by atoms with van der Waals surface area (Å²) in [5.74, 6) is 0. The molecule has 0 aromatic heterocycles. The minimum atomic E-state index is -3.57. The van der Waals surface area contributed by atoms with Crippen LogP contribution in [0.15, 0.2) is 27.6 Å². The summed E-state index contributed by atoms with van der Waals surface area (Å²) in [5.41, 5.74) is 0.493. The number of benzene rings is 1. The molecule has 1 aliphatic rings. The largest absolute Gasteiger partial charge is 0.396 e. The van der Waals surface area contributed by atoms with Gasteiger partial charge in [0.15, 0.2) is 0 Å². The zero-order chi connectivity index (χ0) is 14.1. The summed E-state index contributed by atoms with van der Waals surface area (Å²) in [5, 5.41) is 9.26. The van der Waals surface area contributed by atoms with Gasteiger partial charge >= 0.3 is 0 Å². The van der Waals surface area contributed by atoms with Crippen LogP contribution < -0.4 is 4.72 Å². The minimum absolute atomic E-state index is 0.0902. The Labute approximate surface area is 121 Å². The van der Waals surface area contributed by atoms with Crippen LogP contribution in [0, 0.1) is 12.3 Å². The second kappa shape index (κ2) is 5.49. The van der Waals surface area contributed by atoms with Gasteiger partial charge in [-0.2, -0.15) is 0 Å². The number of aryl methyl sites for hydroxylation is 1. The van der Waals surface area contributed by atoms with Crippen molar-refractivity contribution < 1.29 is 18.3 Å². The number of aliphatic hydroxyl groups is 1. The van der Waals surface area contributed by atoms with E-state index in [2.05, 4.69) is 20.7 Å². The molecule has 0 radical (unpaired) electrons. The fraction of sp³-hybridized carbons (Fsp3) is 0.500. The topological polar surface area (TPSA) is 75.6 Å². The molecule has 2 N–H and O–H groups in total. The van der Waals surface area contributed by atoms with Crippen LogP contribution in [-0.2, 0) is 14.8 Å². The molecule has 0 bridgehead atoms. The Morgan fingerprint density at radius 2 is 2.16 bits per heavy atom. The molecule has 0 atom stereocenters. The predicted octanol–water partition coefficient (Wildman–Crippen LogP) is 1.04. The Morgan fingerprint density at radius 3 is 2.63 bits per heavy atom. The van der Waals surface area contributed by atoms with Gasteiger partial charge in [0, 0.05) is 11.0 Å². The summed E-state index contributed by atoms with van der Waals surface area (Å²) in [4.78, 5) is 0.207. The molecule has 1 fully saturated rings. The zero-order valence-corrected chi connectivity index (χ0v) is 12.9. The van der Waals surface area contributed by atoms with Crippen molar-refractivity contribution in [2.75, 3.05) is 26.4 Å². The van der Waals surface area contributed by atoms with E-state index in [9.17, 15) is 13.5 Å². The summed E-state index contributed by atoms with van der Waals surface area (Å²) < 4.78 is 32.6. The summed E-state index contributed by atoms with van der Waals surface area (Å²) >= 11 is 3.32. The highest BCUT2D eigenvalue weighted by Crippen LogP contribution is 2.27. The predicted molar refractivity (Wildman–Crippen MR) is 74.4 cm³/mol. The third kappa shape index (κ3) is 3.17. The SMILES string of the molecule is Cc1ccc(S(=O)(=O)NCC2(CO)COC2)cc1Br. The normalized spacial score (nSPS) is 18.1. The van der Waals surface area contributed by atoms with Crippen molar-refractivity contribution in [2.45, 2.75) is 11.8 Å². The third-order valence-electron chi connectivity index (χ3n) is 3.24. The number of sulfonamides is 1. The Morgan fingerprint density at radius 1 is 1.47 bits per heavy atom. The molecule has 0 amide bonds. The van der Waals surface area contributed by atoms with Gasteiger partial charge in [0.1, 0.15) is 0 Å². The number of nitrogens with one attached hydrogen (secondary N) is 1. The van der Waals surface area contributed by atoms with E-state index in [0.29, 0.717) is 13.2 Å². The van der Waals surface area contributed by atoms with Crippen LogP contribution in [0.25, 0.3) is 0 Å². The molecular formula is C12H16BrNO4S. The molecule has 7 heteroatoms. The van der Waals surface area contributed by atoms with E-state index >= 15 is 0 Å². The fourth-order valence-electron chi connectivity index (χ4n) is 1.71. The quantitative estimate of drug-likeness (QED) is 0.832. The summed E-state index contributed by atoms with van der Waals surface area (Å²) in [6.07, 6.45) is 0. The first-order valence-corrected chi connectivity index (χ1v) is 8.11. The molecule has 1 aromatic carbocycles. The van der Waals surface area contributed by atoms with Gasteiger partial charge in [0.05, 0.1) is 30.1 Å². The molecular weight excluding hydrogens is 334 g/mol. The van der Waals surface area contributed by atoms with Gasteiger partial charge in [0.2, 0.25) is 10.0 Å². The van der Waals surface area contributed by atoms with Crippen LogP contribution in [0.3, 0.4) is 0 Å². The van der Waals surface area contributed by atoms with Crippen molar-refractivity contribution in [1.29, 1.82) is 0 Å². The number of rotatable bonds is 5. The fourth-order valence-corrected chi connectivity index (χ4v) is 3.43. The molecule has 5 nitrogen and oxygen atoms in total. The van der Waals surface area contributed by atoms with Gasteiger partial charge in [-0.1, -0.05) is 22.0 Å². The first kappa shape index (κ1) is 14.9. The standard InChI is InChI=1S/C12H16BrNO4S/c1-9-2-3-10(4-11(9)13)19(16,17)14-5-12(6-15)7-18-8-12/h2-4,14-15H,5-8H2,1H3. The van der Waals surface area contributed by atoms with Crippen molar-refractivity contribution in [3.63, 3.8) is 0 Å². The summed E-state index contributed by atoms with van der Waals surface area (Å²) in [6, 6.07) is 4.87. The van der Waals surface area contributed by atoms with E-state index in [1.807, 2.05) is 6.92 Å². The van der Waals surface area contributed by atoms with Crippen molar-refractivity contribution in [3.8, 4) is 0 Å². The minimum Gasteiger partial charge on any atom is -0.396 e. The van der Waals surface area contributed by atoms with Gasteiger partial charge in [-0.15, -0.1) is 0 Å². The molecule has 1 aromatic rings. The summed E-state index contributed by atoms with van der Waals surface area (Å²) in [7, 11) is -3.57.